The Morgan fingerprint density at radius 3 is 2.18 bits per heavy atom. The summed E-state index contributed by atoms with van der Waals surface area (Å²) < 4.78 is 45.7. The van der Waals surface area contributed by atoms with Gasteiger partial charge in [0.05, 0.1) is 13.2 Å². The fourth-order valence-electron chi connectivity index (χ4n) is 2.48. The minimum Gasteiger partial charge on any atom is -0.451 e. The first-order valence-electron chi connectivity index (χ1n) is 11.2. The predicted molar refractivity (Wildman–Crippen MR) is 142 cm³/mol. The van der Waals surface area contributed by atoms with Crippen molar-refractivity contribution in [2.24, 2.45) is 0 Å². The quantitative estimate of drug-likeness (QED) is 0.117. The van der Waals surface area contributed by atoms with Crippen LogP contribution in [0.2, 0.25) is 5.02 Å². The van der Waals surface area contributed by atoms with Gasteiger partial charge >= 0.3 is 6.09 Å². The minimum absolute atomic E-state index is 0.0774. The van der Waals surface area contributed by atoms with Crippen LogP contribution in [-0.2, 0) is 14.3 Å². The molecule has 0 heterocycles. The molecule has 9 nitrogen and oxygen atoms in total. The van der Waals surface area contributed by atoms with E-state index in [1.165, 1.54) is 53.1 Å². The lowest BCUT2D eigenvalue weighted by molar-refractivity contribution is -0.129. The molecule has 0 aliphatic heterocycles. The molecule has 0 spiro atoms. The molecule has 38 heavy (non-hydrogen) atoms. The van der Waals surface area contributed by atoms with E-state index in [0.717, 1.165) is 24.1 Å². The Morgan fingerprint density at radius 2 is 1.66 bits per heavy atom. The summed E-state index contributed by atoms with van der Waals surface area (Å²) in [4.78, 5) is 25.0. The molecule has 0 aliphatic rings. The number of likely N-dealkylation sites (N-methyl/N-ethyl adjacent to an activating group) is 1. The molecule has 0 aromatic heterocycles. The standard InChI is InChI=1S/C21H24ClF2N3O6S.C2H6.C2H2/c1-26(21(29)32-10-9-31-2)7-8-27(13-19(28)25-30)34-16-11-17(23)20(18(24)12-16)33-15-5-3-14(22)4-6-15;2*1-2/h3-6,11-12,30H,7-10,13H2,1-2H3,(H,25,28);1-2H3;1-2H. The minimum atomic E-state index is -0.956. The van der Waals surface area contributed by atoms with Crippen molar-refractivity contribution < 1.29 is 37.8 Å². The van der Waals surface area contributed by atoms with Gasteiger partial charge in [-0.3, -0.25) is 10.0 Å². The maximum atomic E-state index is 14.6. The lowest BCUT2D eigenvalue weighted by Crippen LogP contribution is -2.38. The van der Waals surface area contributed by atoms with Crippen LogP contribution in [0.4, 0.5) is 13.6 Å². The molecule has 210 valence electrons. The van der Waals surface area contributed by atoms with E-state index in [0.29, 0.717) is 5.02 Å². The summed E-state index contributed by atoms with van der Waals surface area (Å²) in [5.74, 6) is -3.05. The monoisotopic (exact) mass is 575 g/mol. The summed E-state index contributed by atoms with van der Waals surface area (Å²) in [5, 5.41) is 9.29. The highest BCUT2D eigenvalue weighted by atomic mass is 35.5. The van der Waals surface area contributed by atoms with Gasteiger partial charge in [-0.05, 0) is 48.3 Å². The number of terminal acetylenes is 1. The molecule has 0 bridgehead atoms. The summed E-state index contributed by atoms with van der Waals surface area (Å²) in [6.45, 7) is 4.24. The van der Waals surface area contributed by atoms with E-state index in [1.54, 1.807) is 0 Å². The van der Waals surface area contributed by atoms with Crippen LogP contribution in [0.1, 0.15) is 13.8 Å². The third-order valence-electron chi connectivity index (χ3n) is 4.19. The predicted octanol–water partition coefficient (Wildman–Crippen LogP) is 5.22. The number of benzene rings is 2. The summed E-state index contributed by atoms with van der Waals surface area (Å²) in [5.41, 5.74) is 1.50. The Morgan fingerprint density at radius 1 is 1.08 bits per heavy atom. The van der Waals surface area contributed by atoms with E-state index in [-0.39, 0.29) is 43.5 Å². The Bertz CT molecular complexity index is 991. The van der Waals surface area contributed by atoms with E-state index >= 15 is 0 Å². The molecule has 0 fully saturated rings. The SMILES string of the molecule is C#C.CC.COCCOC(=O)N(C)CCN(CC(=O)NO)Sc1cc(F)c(Oc2ccc(Cl)cc2)c(F)c1. The van der Waals surface area contributed by atoms with Gasteiger partial charge < -0.3 is 19.1 Å². The van der Waals surface area contributed by atoms with Crippen LogP contribution >= 0.6 is 23.5 Å². The van der Waals surface area contributed by atoms with E-state index in [9.17, 15) is 18.4 Å². The number of nitrogens with one attached hydrogen (secondary N) is 1. The Balaban J connectivity index is 0.00000326. The van der Waals surface area contributed by atoms with Crippen molar-refractivity contribution in [2.45, 2.75) is 18.7 Å². The number of carbonyl (C=O) groups excluding carboxylic acids is 2. The topological polar surface area (TPSA) is 101 Å². The molecule has 2 rings (SSSR count). The maximum Gasteiger partial charge on any atom is 0.409 e. The Labute approximate surface area is 231 Å². The molecular weight excluding hydrogens is 544 g/mol. The summed E-state index contributed by atoms with van der Waals surface area (Å²) in [7, 11) is 2.97. The zero-order chi connectivity index (χ0) is 29.1. The lowest BCUT2D eigenvalue weighted by Gasteiger charge is -2.24. The third-order valence-corrected chi connectivity index (χ3v) is 5.46. The average molecular weight is 576 g/mol. The molecule has 2 N–H and O–H groups in total. The van der Waals surface area contributed by atoms with Gasteiger partial charge in [0, 0.05) is 37.2 Å². The fourth-order valence-corrected chi connectivity index (χ4v) is 3.58. The molecule has 0 radical (unpaired) electrons. The molecule has 0 aliphatic carbocycles. The number of amides is 2. The zero-order valence-electron chi connectivity index (χ0n) is 21.6. The van der Waals surface area contributed by atoms with Crippen LogP contribution in [0.3, 0.4) is 0 Å². The molecule has 13 heteroatoms. The highest BCUT2D eigenvalue weighted by Gasteiger charge is 2.19. The molecule has 0 unspecified atom stereocenters. The van der Waals surface area contributed by atoms with Crippen LogP contribution in [-0.4, -0.2) is 73.4 Å². The van der Waals surface area contributed by atoms with Gasteiger partial charge in [-0.25, -0.2) is 23.4 Å². The van der Waals surface area contributed by atoms with Crippen molar-refractivity contribution in [1.29, 1.82) is 0 Å². The average Bonchev–Trinajstić information content (AvgIpc) is 2.92. The number of hydrogen-bond donors (Lipinski definition) is 2. The smallest absolute Gasteiger partial charge is 0.409 e. The van der Waals surface area contributed by atoms with Crippen molar-refractivity contribution in [1.82, 2.24) is 14.7 Å². The third kappa shape index (κ3) is 12.9. The maximum absolute atomic E-state index is 14.6. The number of hydrogen-bond acceptors (Lipinski definition) is 8. The zero-order valence-corrected chi connectivity index (χ0v) is 23.2. The van der Waals surface area contributed by atoms with Gasteiger partial charge in [-0.15, -0.1) is 12.8 Å². The summed E-state index contributed by atoms with van der Waals surface area (Å²) in [6.07, 6.45) is 7.40. The van der Waals surface area contributed by atoms with Crippen LogP contribution in [0.15, 0.2) is 41.3 Å². The molecular formula is C25H32ClF2N3O6S. The largest absolute Gasteiger partial charge is 0.451 e. The number of methoxy groups -OCH3 is 1. The van der Waals surface area contributed by atoms with Crippen molar-refractivity contribution in [3.63, 3.8) is 0 Å². The molecule has 0 saturated carbocycles. The van der Waals surface area contributed by atoms with E-state index in [1.807, 2.05) is 13.8 Å². The van der Waals surface area contributed by atoms with Gasteiger partial charge in [0.1, 0.15) is 12.4 Å². The molecule has 2 aromatic carbocycles. The van der Waals surface area contributed by atoms with E-state index in [4.69, 9.17) is 31.0 Å². The fraction of sp³-hybridized carbons (Fsp3) is 0.360. The van der Waals surface area contributed by atoms with Gasteiger partial charge in [0.25, 0.3) is 5.91 Å². The second-order valence-electron chi connectivity index (χ2n) is 6.79. The summed E-state index contributed by atoms with van der Waals surface area (Å²) >= 11 is 6.66. The van der Waals surface area contributed by atoms with E-state index in [2.05, 4.69) is 12.8 Å². The van der Waals surface area contributed by atoms with Crippen molar-refractivity contribution in [3.8, 4) is 24.3 Å². The molecule has 2 amide bonds. The normalized spacial score (nSPS) is 9.87. The molecule has 0 atom stereocenters. The number of rotatable bonds is 12. The second kappa shape index (κ2) is 20.0. The Hall–Kier alpha value is -3.08. The van der Waals surface area contributed by atoms with E-state index < -0.39 is 29.4 Å². The van der Waals surface area contributed by atoms with Gasteiger partial charge in [0.15, 0.2) is 17.4 Å². The van der Waals surface area contributed by atoms with Crippen LogP contribution in [0, 0.1) is 24.5 Å². The van der Waals surface area contributed by atoms with Crippen LogP contribution in [0.25, 0.3) is 0 Å². The number of carbonyl (C=O) groups is 2. The van der Waals surface area contributed by atoms with Crippen molar-refractivity contribution in [2.75, 3.05) is 47.0 Å². The highest BCUT2D eigenvalue weighted by Crippen LogP contribution is 2.33. The number of ether oxygens (including phenoxy) is 3. The van der Waals surface area contributed by atoms with Gasteiger partial charge in [-0.2, -0.15) is 0 Å². The van der Waals surface area contributed by atoms with Crippen LogP contribution < -0.4 is 10.2 Å². The van der Waals surface area contributed by atoms with Crippen molar-refractivity contribution in [3.05, 3.63) is 53.1 Å². The van der Waals surface area contributed by atoms with Crippen LogP contribution in [0.5, 0.6) is 11.5 Å². The molecule has 0 saturated heterocycles. The second-order valence-corrected chi connectivity index (χ2v) is 8.40. The first-order chi connectivity index (χ1) is 18.2. The molecule has 2 aromatic rings. The van der Waals surface area contributed by atoms with Gasteiger partial charge in [0.2, 0.25) is 0 Å². The van der Waals surface area contributed by atoms with Gasteiger partial charge in [-0.1, -0.05) is 25.4 Å². The summed E-state index contributed by atoms with van der Waals surface area (Å²) in [6, 6.07) is 8.07. The number of nitrogens with zero attached hydrogens (tertiary/aromatic N) is 2. The Kier molecular flexibility index (Phi) is 18.3. The number of halogens is 3. The highest BCUT2D eigenvalue weighted by molar-refractivity contribution is 7.97. The first-order valence-corrected chi connectivity index (χ1v) is 12.4. The number of hydroxylamine groups is 1. The van der Waals surface area contributed by atoms with Crippen molar-refractivity contribution >= 4 is 35.5 Å². The lowest BCUT2D eigenvalue weighted by atomic mass is 10.3. The first kappa shape index (κ1) is 34.9.